The van der Waals surface area contributed by atoms with Crippen molar-refractivity contribution < 1.29 is 9.90 Å². The van der Waals surface area contributed by atoms with Gasteiger partial charge < -0.3 is 9.67 Å². The number of carboxylic acid groups (broad SMARTS) is 1. The van der Waals surface area contributed by atoms with Crippen molar-refractivity contribution in [3.8, 4) is 11.3 Å². The highest BCUT2D eigenvalue weighted by atomic mass is 16.4. The molecule has 0 fully saturated rings. The van der Waals surface area contributed by atoms with Gasteiger partial charge in [0.2, 0.25) is 0 Å². The van der Waals surface area contributed by atoms with Crippen LogP contribution in [0.2, 0.25) is 0 Å². The number of benzene rings is 1. The number of hydrogen-bond acceptors (Lipinski definition) is 3. The zero-order valence-electron chi connectivity index (χ0n) is 11.4. The third-order valence-electron chi connectivity index (χ3n) is 3.37. The zero-order valence-corrected chi connectivity index (χ0v) is 11.4. The van der Waals surface area contributed by atoms with Crippen molar-refractivity contribution in [3.63, 3.8) is 0 Å². The minimum Gasteiger partial charge on any atom is -0.481 e. The summed E-state index contributed by atoms with van der Waals surface area (Å²) in [6, 6.07) is 12.6. The number of aromatic nitrogens is 3. The molecule has 106 valence electrons. The topological polar surface area (TPSA) is 76.6 Å². The summed E-state index contributed by atoms with van der Waals surface area (Å²) < 4.78 is 2.96. The summed E-state index contributed by atoms with van der Waals surface area (Å²) in [5, 5.41) is 13.2. The largest absolute Gasteiger partial charge is 0.481 e. The molecule has 0 spiro atoms. The Hall–Kier alpha value is -2.89. The summed E-state index contributed by atoms with van der Waals surface area (Å²) in [6.45, 7) is 0. The number of aliphatic carboxylic acids is 1. The number of aryl methyl sites for hydroxylation is 1. The fourth-order valence-electron chi connectivity index (χ4n) is 2.29. The summed E-state index contributed by atoms with van der Waals surface area (Å²) in [5.74, 6) is -0.975. The Balaban J connectivity index is 2.22. The van der Waals surface area contributed by atoms with Gasteiger partial charge in [-0.2, -0.15) is 9.61 Å². The zero-order chi connectivity index (χ0) is 15.0. The van der Waals surface area contributed by atoms with Gasteiger partial charge in [0.05, 0.1) is 12.1 Å². The molecule has 0 aliphatic rings. The third kappa shape index (κ3) is 2.31. The molecule has 0 aliphatic heterocycles. The van der Waals surface area contributed by atoms with Gasteiger partial charge in [-0.15, -0.1) is 0 Å². The quantitative estimate of drug-likeness (QED) is 0.786. The average Bonchev–Trinajstić information content (AvgIpc) is 2.91. The highest BCUT2D eigenvalue weighted by molar-refractivity contribution is 5.70. The molecule has 2 aromatic heterocycles. The standard InChI is InChI=1S/C15H13N3O3/c1-17-11(8-15(20)21)7-14(19)18-13(17)9-12(16-18)10-5-3-2-4-6-10/h2-7,9H,8H2,1H3,(H,20,21). The summed E-state index contributed by atoms with van der Waals surface area (Å²) in [4.78, 5) is 22.9. The van der Waals surface area contributed by atoms with E-state index < -0.39 is 5.97 Å². The molecule has 0 saturated carbocycles. The monoisotopic (exact) mass is 283 g/mol. The molecular formula is C15H13N3O3. The van der Waals surface area contributed by atoms with Crippen LogP contribution in [0.5, 0.6) is 0 Å². The van der Waals surface area contributed by atoms with Crippen LogP contribution in [-0.4, -0.2) is 25.3 Å². The molecule has 1 aromatic carbocycles. The third-order valence-corrected chi connectivity index (χ3v) is 3.37. The maximum atomic E-state index is 12.1. The van der Waals surface area contributed by atoms with Gasteiger partial charge in [0.1, 0.15) is 5.65 Å². The fourth-order valence-corrected chi connectivity index (χ4v) is 2.29. The molecule has 2 heterocycles. The molecule has 0 saturated heterocycles. The van der Waals surface area contributed by atoms with Crippen LogP contribution in [0.15, 0.2) is 47.3 Å². The van der Waals surface area contributed by atoms with E-state index in [0.717, 1.165) is 5.56 Å². The van der Waals surface area contributed by atoms with Gasteiger partial charge in [0.15, 0.2) is 0 Å². The van der Waals surface area contributed by atoms with E-state index in [1.807, 2.05) is 30.3 Å². The predicted molar refractivity (Wildman–Crippen MR) is 77.2 cm³/mol. The number of carboxylic acids is 1. The lowest BCUT2D eigenvalue weighted by atomic mass is 10.2. The van der Waals surface area contributed by atoms with Gasteiger partial charge in [0, 0.05) is 30.4 Å². The van der Waals surface area contributed by atoms with Gasteiger partial charge in [-0.05, 0) is 0 Å². The second-order valence-electron chi connectivity index (χ2n) is 4.77. The van der Waals surface area contributed by atoms with Crippen LogP contribution < -0.4 is 5.56 Å². The summed E-state index contributed by atoms with van der Waals surface area (Å²) in [6.07, 6.45) is -0.200. The highest BCUT2D eigenvalue weighted by Gasteiger charge is 2.12. The predicted octanol–water partition coefficient (Wildman–Crippen LogP) is 1.33. The molecular weight excluding hydrogens is 270 g/mol. The number of nitrogens with zero attached hydrogens (tertiary/aromatic N) is 3. The van der Waals surface area contributed by atoms with E-state index in [2.05, 4.69) is 5.10 Å². The Morgan fingerprint density at radius 2 is 1.95 bits per heavy atom. The molecule has 0 amide bonds. The first kappa shape index (κ1) is 13.1. The number of rotatable bonds is 3. The van der Waals surface area contributed by atoms with Crippen molar-refractivity contribution in [1.29, 1.82) is 0 Å². The van der Waals surface area contributed by atoms with E-state index in [9.17, 15) is 9.59 Å². The Morgan fingerprint density at radius 3 is 2.62 bits per heavy atom. The fraction of sp³-hybridized carbons (Fsp3) is 0.133. The van der Waals surface area contributed by atoms with Gasteiger partial charge in [0.25, 0.3) is 5.56 Å². The summed E-state index contributed by atoms with van der Waals surface area (Å²) >= 11 is 0. The van der Waals surface area contributed by atoms with Crippen LogP contribution in [-0.2, 0) is 18.3 Å². The average molecular weight is 283 g/mol. The van der Waals surface area contributed by atoms with Crippen molar-refractivity contribution in [3.05, 3.63) is 58.5 Å². The van der Waals surface area contributed by atoms with E-state index in [1.165, 1.54) is 10.6 Å². The minimum atomic E-state index is -0.975. The maximum Gasteiger partial charge on any atom is 0.309 e. The van der Waals surface area contributed by atoms with Crippen LogP contribution in [0.1, 0.15) is 5.69 Å². The molecule has 3 rings (SSSR count). The van der Waals surface area contributed by atoms with Crippen molar-refractivity contribution in [2.24, 2.45) is 7.05 Å². The first-order valence-corrected chi connectivity index (χ1v) is 6.42. The first-order valence-electron chi connectivity index (χ1n) is 6.42. The van der Waals surface area contributed by atoms with E-state index in [1.54, 1.807) is 17.7 Å². The first-order chi connectivity index (χ1) is 10.1. The van der Waals surface area contributed by atoms with E-state index in [4.69, 9.17) is 5.11 Å². The van der Waals surface area contributed by atoms with Crippen LogP contribution in [0, 0.1) is 0 Å². The smallest absolute Gasteiger partial charge is 0.309 e. The lowest BCUT2D eigenvalue weighted by Crippen LogP contribution is -2.21. The van der Waals surface area contributed by atoms with E-state index in [-0.39, 0.29) is 12.0 Å². The molecule has 0 radical (unpaired) electrons. The molecule has 6 heteroatoms. The normalized spacial score (nSPS) is 10.9. The summed E-state index contributed by atoms with van der Waals surface area (Å²) in [7, 11) is 1.73. The van der Waals surface area contributed by atoms with Crippen LogP contribution in [0.3, 0.4) is 0 Å². The molecule has 21 heavy (non-hydrogen) atoms. The van der Waals surface area contributed by atoms with Crippen LogP contribution in [0.25, 0.3) is 16.9 Å². The van der Waals surface area contributed by atoms with Crippen molar-refractivity contribution in [1.82, 2.24) is 14.2 Å². The second-order valence-corrected chi connectivity index (χ2v) is 4.77. The van der Waals surface area contributed by atoms with Gasteiger partial charge in [-0.3, -0.25) is 9.59 Å². The van der Waals surface area contributed by atoms with Gasteiger partial charge >= 0.3 is 5.97 Å². The van der Waals surface area contributed by atoms with Crippen molar-refractivity contribution in [2.45, 2.75) is 6.42 Å². The number of carbonyl (C=O) groups is 1. The second kappa shape index (κ2) is 4.90. The van der Waals surface area contributed by atoms with E-state index >= 15 is 0 Å². The lowest BCUT2D eigenvalue weighted by molar-refractivity contribution is -0.136. The van der Waals surface area contributed by atoms with Gasteiger partial charge in [-0.1, -0.05) is 30.3 Å². The van der Waals surface area contributed by atoms with Crippen LogP contribution in [0.4, 0.5) is 0 Å². The molecule has 6 nitrogen and oxygen atoms in total. The lowest BCUT2D eigenvalue weighted by Gasteiger charge is -2.07. The van der Waals surface area contributed by atoms with E-state index in [0.29, 0.717) is 17.0 Å². The highest BCUT2D eigenvalue weighted by Crippen LogP contribution is 2.18. The Labute approximate surface area is 119 Å². The number of fused-ring (bicyclic) bond motifs is 1. The summed E-state index contributed by atoms with van der Waals surface area (Å²) in [5.41, 5.74) is 2.26. The van der Waals surface area contributed by atoms with Crippen LogP contribution >= 0.6 is 0 Å². The SMILES string of the molecule is Cn1c(CC(=O)O)cc(=O)n2nc(-c3ccccc3)cc12. The van der Waals surface area contributed by atoms with Crippen molar-refractivity contribution >= 4 is 11.6 Å². The Kier molecular flexibility index (Phi) is 3.06. The van der Waals surface area contributed by atoms with Gasteiger partial charge in [-0.25, -0.2) is 0 Å². The molecule has 0 bridgehead atoms. The molecule has 3 aromatic rings. The molecule has 0 atom stereocenters. The van der Waals surface area contributed by atoms with Crippen molar-refractivity contribution in [2.75, 3.05) is 0 Å². The minimum absolute atomic E-state index is 0.200. The number of hydrogen-bond donors (Lipinski definition) is 1. The molecule has 1 N–H and O–H groups in total. The maximum absolute atomic E-state index is 12.1. The Morgan fingerprint density at radius 1 is 1.24 bits per heavy atom. The molecule has 0 unspecified atom stereocenters. The molecule has 0 aliphatic carbocycles. The Bertz CT molecular complexity index is 878.